The molecule has 0 saturated heterocycles. The molecule has 4 rings (SSSR count). The molecule has 4 aromatic rings. The van der Waals surface area contributed by atoms with Gasteiger partial charge in [-0.05, 0) is 74.2 Å². The highest BCUT2D eigenvalue weighted by Crippen LogP contribution is 2.19. The van der Waals surface area contributed by atoms with Gasteiger partial charge in [-0.15, -0.1) is 0 Å². The molecule has 0 bridgehead atoms. The van der Waals surface area contributed by atoms with Gasteiger partial charge in [-0.25, -0.2) is 4.98 Å². The molecule has 0 saturated carbocycles. The molecule has 34 heavy (non-hydrogen) atoms. The van der Waals surface area contributed by atoms with Crippen molar-refractivity contribution in [3.8, 4) is 0 Å². The van der Waals surface area contributed by atoms with Gasteiger partial charge in [-0.3, -0.25) is 9.59 Å². The van der Waals surface area contributed by atoms with Crippen molar-refractivity contribution >= 4 is 28.5 Å². The third kappa shape index (κ3) is 5.52. The number of amides is 2. The summed E-state index contributed by atoms with van der Waals surface area (Å²) >= 11 is 0. The van der Waals surface area contributed by atoms with Crippen LogP contribution in [0.4, 0.5) is 5.69 Å². The molecule has 0 aliphatic carbocycles. The summed E-state index contributed by atoms with van der Waals surface area (Å²) in [6.45, 7) is 6.67. The van der Waals surface area contributed by atoms with Crippen molar-refractivity contribution in [3.05, 3.63) is 94.8 Å². The molecule has 6 nitrogen and oxygen atoms in total. The van der Waals surface area contributed by atoms with Crippen LogP contribution in [0.3, 0.4) is 0 Å². The Morgan fingerprint density at radius 1 is 0.912 bits per heavy atom. The van der Waals surface area contributed by atoms with Gasteiger partial charge in [0.15, 0.2) is 0 Å². The van der Waals surface area contributed by atoms with Crippen LogP contribution in [0.25, 0.3) is 11.0 Å². The molecule has 2 amide bonds. The maximum Gasteiger partial charge on any atom is 0.251 e. The van der Waals surface area contributed by atoms with Crippen molar-refractivity contribution < 1.29 is 9.59 Å². The largest absolute Gasteiger partial charge is 0.352 e. The van der Waals surface area contributed by atoms with E-state index in [9.17, 15) is 9.59 Å². The number of fused-ring (bicyclic) bond motifs is 1. The molecule has 0 aliphatic rings. The predicted octanol–water partition coefficient (Wildman–Crippen LogP) is 4.96. The van der Waals surface area contributed by atoms with Crippen LogP contribution in [0.15, 0.2) is 66.7 Å². The first-order valence-electron chi connectivity index (χ1n) is 11.6. The molecule has 2 N–H and O–H groups in total. The Labute approximate surface area is 200 Å². The second-order valence-corrected chi connectivity index (χ2v) is 8.70. The average molecular weight is 455 g/mol. The zero-order valence-corrected chi connectivity index (χ0v) is 19.9. The minimum absolute atomic E-state index is 0.0700. The van der Waals surface area contributed by atoms with E-state index in [1.54, 1.807) is 0 Å². The highest BCUT2D eigenvalue weighted by molar-refractivity contribution is 5.95. The number of hydrogen-bond acceptors (Lipinski definition) is 3. The van der Waals surface area contributed by atoms with Crippen molar-refractivity contribution in [1.29, 1.82) is 0 Å². The minimum atomic E-state index is -0.0951. The third-order valence-electron chi connectivity index (χ3n) is 5.79. The van der Waals surface area contributed by atoms with Gasteiger partial charge in [0.05, 0.1) is 11.0 Å². The smallest absolute Gasteiger partial charge is 0.251 e. The van der Waals surface area contributed by atoms with Gasteiger partial charge in [-0.1, -0.05) is 36.4 Å². The zero-order chi connectivity index (χ0) is 24.1. The summed E-state index contributed by atoms with van der Waals surface area (Å²) in [6, 6.07) is 21.4. The number of para-hydroxylation sites is 2. The second kappa shape index (κ2) is 10.3. The van der Waals surface area contributed by atoms with E-state index >= 15 is 0 Å². The van der Waals surface area contributed by atoms with Crippen molar-refractivity contribution in [2.45, 2.75) is 40.2 Å². The second-order valence-electron chi connectivity index (χ2n) is 8.70. The van der Waals surface area contributed by atoms with E-state index in [4.69, 9.17) is 4.98 Å². The number of nitrogens with one attached hydrogen (secondary N) is 2. The van der Waals surface area contributed by atoms with E-state index in [2.05, 4.69) is 16.7 Å². The van der Waals surface area contributed by atoms with Gasteiger partial charge < -0.3 is 15.2 Å². The molecule has 0 unspecified atom stereocenters. The summed E-state index contributed by atoms with van der Waals surface area (Å²) in [5.41, 5.74) is 6.45. The Hall–Kier alpha value is -3.93. The Balaban J connectivity index is 1.43. The number of benzene rings is 3. The Bertz CT molecular complexity index is 1320. The number of aromatic nitrogens is 2. The van der Waals surface area contributed by atoms with Gasteiger partial charge in [0.1, 0.15) is 12.4 Å². The van der Waals surface area contributed by atoms with Crippen LogP contribution in [-0.4, -0.2) is 27.9 Å². The highest BCUT2D eigenvalue weighted by Gasteiger charge is 2.14. The summed E-state index contributed by atoms with van der Waals surface area (Å²) < 4.78 is 1.97. The SMILES string of the molecule is Cc1cc(C)cc(NC(=O)Cn2c(CCCNC(=O)c3ccccc3C)nc3ccccc32)c1. The van der Waals surface area contributed by atoms with Gasteiger partial charge in [-0.2, -0.15) is 0 Å². The summed E-state index contributed by atoms with van der Waals surface area (Å²) in [5, 5.41) is 6.01. The van der Waals surface area contributed by atoms with Gasteiger partial charge in [0, 0.05) is 24.2 Å². The van der Waals surface area contributed by atoms with Crippen molar-refractivity contribution in [2.75, 3.05) is 11.9 Å². The summed E-state index contributed by atoms with van der Waals surface area (Å²) in [5.74, 6) is 0.670. The fourth-order valence-electron chi connectivity index (χ4n) is 4.25. The number of rotatable bonds is 8. The Morgan fingerprint density at radius 2 is 1.62 bits per heavy atom. The molecule has 1 heterocycles. The first-order valence-corrected chi connectivity index (χ1v) is 11.6. The van der Waals surface area contributed by atoms with Crippen LogP contribution < -0.4 is 10.6 Å². The lowest BCUT2D eigenvalue weighted by atomic mass is 10.1. The Morgan fingerprint density at radius 3 is 2.38 bits per heavy atom. The summed E-state index contributed by atoms with van der Waals surface area (Å²) in [7, 11) is 0. The molecule has 1 aromatic heterocycles. The van der Waals surface area contributed by atoms with Crippen LogP contribution >= 0.6 is 0 Å². The fourth-order valence-corrected chi connectivity index (χ4v) is 4.25. The molecule has 6 heteroatoms. The first kappa shape index (κ1) is 23.2. The van der Waals surface area contributed by atoms with E-state index in [0.29, 0.717) is 18.5 Å². The number of aryl methyl sites for hydroxylation is 4. The Kier molecular flexibility index (Phi) is 7.07. The molecular weight excluding hydrogens is 424 g/mol. The zero-order valence-electron chi connectivity index (χ0n) is 19.9. The maximum absolute atomic E-state index is 12.9. The molecule has 0 fully saturated rings. The summed E-state index contributed by atoms with van der Waals surface area (Å²) in [6.07, 6.45) is 1.37. The molecule has 3 aromatic carbocycles. The lowest BCUT2D eigenvalue weighted by Gasteiger charge is -2.12. The maximum atomic E-state index is 12.9. The predicted molar refractivity (Wildman–Crippen MR) is 136 cm³/mol. The minimum Gasteiger partial charge on any atom is -0.352 e. The summed E-state index contributed by atoms with van der Waals surface area (Å²) in [4.78, 5) is 30.1. The quantitative estimate of drug-likeness (QED) is 0.369. The molecule has 0 spiro atoms. The van der Waals surface area contributed by atoms with E-state index in [1.807, 2.05) is 86.0 Å². The fraction of sp³-hybridized carbons (Fsp3) is 0.250. The number of anilines is 1. The topological polar surface area (TPSA) is 76.0 Å². The van der Waals surface area contributed by atoms with E-state index < -0.39 is 0 Å². The molecule has 174 valence electrons. The highest BCUT2D eigenvalue weighted by atomic mass is 16.2. The van der Waals surface area contributed by atoms with Crippen LogP contribution in [-0.2, 0) is 17.8 Å². The number of nitrogens with zero attached hydrogens (tertiary/aromatic N) is 2. The van der Waals surface area contributed by atoms with Crippen molar-refractivity contribution in [2.24, 2.45) is 0 Å². The molecule has 0 radical (unpaired) electrons. The van der Waals surface area contributed by atoms with Crippen molar-refractivity contribution in [3.63, 3.8) is 0 Å². The van der Waals surface area contributed by atoms with Crippen LogP contribution in [0.2, 0.25) is 0 Å². The standard InChI is InChI=1S/C28H30N4O2/c1-19-15-20(2)17-22(16-19)30-27(33)18-32-25-12-7-6-11-24(25)31-26(32)13-8-14-29-28(34)23-10-5-4-9-21(23)3/h4-7,9-12,15-17H,8,13-14,18H2,1-3H3,(H,29,34)(H,30,33). The number of imidazole rings is 1. The van der Waals surface area contributed by atoms with Gasteiger partial charge in [0.25, 0.3) is 5.91 Å². The lowest BCUT2D eigenvalue weighted by Crippen LogP contribution is -2.26. The van der Waals surface area contributed by atoms with Crippen LogP contribution in [0, 0.1) is 20.8 Å². The van der Waals surface area contributed by atoms with Crippen molar-refractivity contribution in [1.82, 2.24) is 14.9 Å². The molecule has 0 atom stereocenters. The van der Waals surface area contributed by atoms with E-state index in [0.717, 1.165) is 45.7 Å². The van der Waals surface area contributed by atoms with Crippen LogP contribution in [0.5, 0.6) is 0 Å². The lowest BCUT2D eigenvalue weighted by molar-refractivity contribution is -0.116. The van der Waals surface area contributed by atoms with Crippen LogP contribution in [0.1, 0.15) is 39.3 Å². The monoisotopic (exact) mass is 454 g/mol. The molecule has 0 aliphatic heterocycles. The van der Waals surface area contributed by atoms with Gasteiger partial charge in [0.2, 0.25) is 5.91 Å². The van der Waals surface area contributed by atoms with E-state index in [-0.39, 0.29) is 18.4 Å². The van der Waals surface area contributed by atoms with E-state index in [1.165, 1.54) is 0 Å². The first-order chi connectivity index (χ1) is 16.4. The number of carbonyl (C=O) groups excluding carboxylic acids is 2. The van der Waals surface area contributed by atoms with Gasteiger partial charge >= 0.3 is 0 Å². The normalized spacial score (nSPS) is 10.9. The number of carbonyl (C=O) groups is 2. The third-order valence-corrected chi connectivity index (χ3v) is 5.79. The molecular formula is C28H30N4O2. The number of hydrogen-bond donors (Lipinski definition) is 2. The average Bonchev–Trinajstić information content (AvgIpc) is 3.13.